The van der Waals surface area contributed by atoms with Gasteiger partial charge in [-0.3, -0.25) is 9.40 Å². The van der Waals surface area contributed by atoms with Crippen molar-refractivity contribution in [2.24, 2.45) is 0 Å². The molecule has 4 rings (SSSR count). The fourth-order valence-corrected chi connectivity index (χ4v) is 4.63. The van der Waals surface area contributed by atoms with Crippen LogP contribution in [0, 0.1) is 6.92 Å². The van der Waals surface area contributed by atoms with Crippen LogP contribution in [-0.2, 0) is 16.6 Å². The van der Waals surface area contributed by atoms with E-state index < -0.39 is 10.0 Å². The zero-order valence-corrected chi connectivity index (χ0v) is 17.9. The van der Waals surface area contributed by atoms with Crippen LogP contribution >= 0.6 is 11.6 Å². The monoisotopic (exact) mass is 437 g/mol. The van der Waals surface area contributed by atoms with Crippen molar-refractivity contribution in [3.8, 4) is 11.3 Å². The zero-order valence-electron chi connectivity index (χ0n) is 16.3. The van der Waals surface area contributed by atoms with Crippen molar-refractivity contribution in [3.63, 3.8) is 0 Å². The summed E-state index contributed by atoms with van der Waals surface area (Å²) in [5, 5.41) is 5.09. The van der Waals surface area contributed by atoms with Gasteiger partial charge in [0, 0.05) is 16.8 Å². The molecule has 0 amide bonds. The molecule has 4 aromatic rings. The molecule has 0 radical (unpaired) electrons. The summed E-state index contributed by atoms with van der Waals surface area (Å²) in [6.45, 7) is 2.24. The molecule has 1 aromatic heterocycles. The first-order chi connectivity index (χ1) is 14.4. The van der Waals surface area contributed by atoms with E-state index in [9.17, 15) is 8.42 Å². The molecule has 0 atom stereocenters. The van der Waals surface area contributed by atoms with Crippen LogP contribution in [0.2, 0.25) is 5.02 Å². The molecule has 0 bridgehead atoms. The van der Waals surface area contributed by atoms with E-state index in [-0.39, 0.29) is 4.90 Å². The number of rotatable bonds is 6. The zero-order chi connectivity index (χ0) is 21.1. The highest BCUT2D eigenvalue weighted by molar-refractivity contribution is 7.92. The van der Waals surface area contributed by atoms with E-state index in [0.29, 0.717) is 28.5 Å². The first kappa shape index (κ1) is 20.2. The predicted molar refractivity (Wildman–Crippen MR) is 120 cm³/mol. The minimum absolute atomic E-state index is 0.115. The fraction of sp³-hybridized carbons (Fsp3) is 0.0870. The van der Waals surface area contributed by atoms with Crippen LogP contribution in [0.25, 0.3) is 11.3 Å². The van der Waals surface area contributed by atoms with Gasteiger partial charge in [0.25, 0.3) is 10.0 Å². The topological polar surface area (TPSA) is 64.0 Å². The summed E-state index contributed by atoms with van der Waals surface area (Å²) in [6.07, 6.45) is 1.57. The Labute approximate surface area is 181 Å². The molecule has 0 unspecified atom stereocenters. The maximum Gasteiger partial charge on any atom is 0.265 e. The first-order valence-electron chi connectivity index (χ1n) is 9.39. The van der Waals surface area contributed by atoms with Crippen LogP contribution in [0.1, 0.15) is 11.1 Å². The molecule has 3 aromatic carbocycles. The predicted octanol–water partition coefficient (Wildman–Crippen LogP) is 5.36. The molecule has 1 heterocycles. The van der Waals surface area contributed by atoms with Gasteiger partial charge in [0.1, 0.15) is 10.6 Å². The van der Waals surface area contributed by atoms with Gasteiger partial charge in [0.05, 0.1) is 12.2 Å². The van der Waals surface area contributed by atoms with Crippen molar-refractivity contribution in [1.82, 2.24) is 9.78 Å². The molecule has 0 aliphatic heterocycles. The molecule has 0 spiro atoms. The van der Waals surface area contributed by atoms with Gasteiger partial charge in [-0.05, 0) is 30.2 Å². The summed E-state index contributed by atoms with van der Waals surface area (Å²) in [7, 11) is -3.89. The van der Waals surface area contributed by atoms with Crippen LogP contribution in [0.3, 0.4) is 0 Å². The van der Waals surface area contributed by atoms with Gasteiger partial charge in [0.15, 0.2) is 0 Å². The van der Waals surface area contributed by atoms with Gasteiger partial charge in [0.2, 0.25) is 0 Å². The quantitative estimate of drug-likeness (QED) is 0.441. The van der Waals surface area contributed by atoms with Crippen molar-refractivity contribution in [2.45, 2.75) is 18.4 Å². The Balaban J connectivity index is 1.77. The average molecular weight is 438 g/mol. The minimum Gasteiger partial charge on any atom is -0.279 e. The highest BCUT2D eigenvalue weighted by atomic mass is 35.5. The van der Waals surface area contributed by atoms with E-state index in [4.69, 9.17) is 11.6 Å². The summed E-state index contributed by atoms with van der Waals surface area (Å²) in [4.78, 5) is 0.115. The lowest BCUT2D eigenvalue weighted by Gasteiger charge is -2.11. The van der Waals surface area contributed by atoms with E-state index >= 15 is 0 Å². The number of benzene rings is 3. The summed E-state index contributed by atoms with van der Waals surface area (Å²) in [5.41, 5.74) is 3.27. The SMILES string of the molecule is Cc1c(Cl)cccc1NS(=O)(=O)c1cn(Cc2ccccc2)nc1-c1ccccc1. The molecule has 5 nitrogen and oxygen atoms in total. The molecule has 0 fully saturated rings. The van der Waals surface area contributed by atoms with Crippen molar-refractivity contribution < 1.29 is 8.42 Å². The normalized spacial score (nSPS) is 11.4. The molecular formula is C23H20ClN3O2S. The number of anilines is 1. The Kier molecular flexibility index (Phi) is 5.61. The highest BCUT2D eigenvalue weighted by Gasteiger charge is 2.24. The Hall–Kier alpha value is -3.09. The molecule has 0 saturated heterocycles. The number of nitrogens with zero attached hydrogens (tertiary/aromatic N) is 2. The smallest absolute Gasteiger partial charge is 0.265 e. The van der Waals surface area contributed by atoms with E-state index in [0.717, 1.165) is 11.1 Å². The number of hydrogen-bond acceptors (Lipinski definition) is 3. The van der Waals surface area contributed by atoms with E-state index in [1.165, 1.54) is 0 Å². The van der Waals surface area contributed by atoms with Crippen molar-refractivity contribution in [3.05, 3.63) is 101 Å². The second kappa shape index (κ2) is 8.34. The van der Waals surface area contributed by atoms with Crippen LogP contribution in [0.5, 0.6) is 0 Å². The number of halogens is 1. The lowest BCUT2D eigenvalue weighted by Crippen LogP contribution is -2.14. The van der Waals surface area contributed by atoms with Gasteiger partial charge in [-0.25, -0.2) is 8.42 Å². The first-order valence-corrected chi connectivity index (χ1v) is 11.2. The van der Waals surface area contributed by atoms with Gasteiger partial charge < -0.3 is 0 Å². The summed E-state index contributed by atoms with van der Waals surface area (Å²) in [6, 6.07) is 24.2. The number of aromatic nitrogens is 2. The highest BCUT2D eigenvalue weighted by Crippen LogP contribution is 2.30. The van der Waals surface area contributed by atoms with Gasteiger partial charge in [-0.15, -0.1) is 0 Å². The van der Waals surface area contributed by atoms with Crippen molar-refractivity contribution >= 4 is 27.3 Å². The maximum atomic E-state index is 13.3. The van der Waals surface area contributed by atoms with Gasteiger partial charge >= 0.3 is 0 Å². The molecule has 0 aliphatic rings. The molecule has 7 heteroatoms. The number of nitrogens with one attached hydrogen (secondary N) is 1. The average Bonchev–Trinajstić information content (AvgIpc) is 3.18. The Bertz CT molecular complexity index is 1270. The summed E-state index contributed by atoms with van der Waals surface area (Å²) < 4.78 is 31.0. The Morgan fingerprint density at radius 2 is 1.60 bits per heavy atom. The fourth-order valence-electron chi connectivity index (χ4n) is 3.17. The Morgan fingerprint density at radius 1 is 0.933 bits per heavy atom. The standard InChI is InChI=1S/C23H20ClN3O2S/c1-17-20(24)13-8-14-21(17)26-30(28,29)22-16-27(15-18-9-4-2-5-10-18)25-23(22)19-11-6-3-7-12-19/h2-14,16,26H,15H2,1H3. The lowest BCUT2D eigenvalue weighted by atomic mass is 10.2. The third-order valence-electron chi connectivity index (χ3n) is 4.76. The molecule has 0 saturated carbocycles. The van der Waals surface area contributed by atoms with Crippen LogP contribution in [-0.4, -0.2) is 18.2 Å². The number of hydrogen-bond donors (Lipinski definition) is 1. The van der Waals surface area contributed by atoms with Crippen molar-refractivity contribution in [2.75, 3.05) is 4.72 Å². The maximum absolute atomic E-state index is 13.3. The second-order valence-corrected chi connectivity index (χ2v) is 8.97. The van der Waals surface area contributed by atoms with E-state index in [2.05, 4.69) is 9.82 Å². The third kappa shape index (κ3) is 4.25. The van der Waals surface area contributed by atoms with Gasteiger partial charge in [-0.1, -0.05) is 78.3 Å². The summed E-state index contributed by atoms with van der Waals surface area (Å²) in [5.74, 6) is 0. The summed E-state index contributed by atoms with van der Waals surface area (Å²) >= 11 is 6.16. The second-order valence-electron chi connectivity index (χ2n) is 6.91. The van der Waals surface area contributed by atoms with Gasteiger partial charge in [-0.2, -0.15) is 5.10 Å². The molecular weight excluding hydrogens is 418 g/mol. The van der Waals surface area contributed by atoms with E-state index in [1.54, 1.807) is 36.0 Å². The molecule has 30 heavy (non-hydrogen) atoms. The van der Waals surface area contributed by atoms with Crippen LogP contribution < -0.4 is 4.72 Å². The van der Waals surface area contributed by atoms with Crippen LogP contribution in [0.4, 0.5) is 5.69 Å². The Morgan fingerprint density at radius 3 is 2.30 bits per heavy atom. The molecule has 0 aliphatic carbocycles. The minimum atomic E-state index is -3.89. The number of sulfonamides is 1. The third-order valence-corrected chi connectivity index (χ3v) is 6.54. The van der Waals surface area contributed by atoms with Crippen LogP contribution in [0.15, 0.2) is 90.0 Å². The van der Waals surface area contributed by atoms with Crippen molar-refractivity contribution in [1.29, 1.82) is 0 Å². The lowest BCUT2D eigenvalue weighted by molar-refractivity contribution is 0.601. The molecule has 1 N–H and O–H groups in total. The van der Waals surface area contributed by atoms with E-state index in [1.807, 2.05) is 60.7 Å². The molecule has 152 valence electrons. The largest absolute Gasteiger partial charge is 0.279 e.